The Morgan fingerprint density at radius 3 is 2.22 bits per heavy atom. The van der Waals surface area contributed by atoms with E-state index in [4.69, 9.17) is 37.4 Å². The minimum atomic E-state index is -1.07. The first-order valence-corrected chi connectivity index (χ1v) is 14.7. The van der Waals surface area contributed by atoms with Crippen LogP contribution in [0.25, 0.3) is 0 Å². The van der Waals surface area contributed by atoms with Gasteiger partial charge in [-0.1, -0.05) is 83.9 Å². The molecule has 4 aromatic rings. The van der Waals surface area contributed by atoms with Gasteiger partial charge in [0, 0.05) is 11.4 Å². The van der Waals surface area contributed by atoms with E-state index in [-0.39, 0.29) is 46.5 Å². The molecule has 0 aromatic heterocycles. The Morgan fingerprint density at radius 1 is 0.913 bits per heavy atom. The van der Waals surface area contributed by atoms with Crippen LogP contribution >= 0.6 is 23.2 Å². The first-order valence-electron chi connectivity index (χ1n) is 14.0. The Hall–Kier alpha value is -5.13. The number of hydrogen-bond acceptors (Lipinski definition) is 8. The third kappa shape index (κ3) is 9.43. The van der Waals surface area contributed by atoms with Crippen molar-refractivity contribution >= 4 is 46.9 Å². The van der Waals surface area contributed by atoms with E-state index in [1.54, 1.807) is 30.3 Å². The van der Waals surface area contributed by atoms with Crippen LogP contribution in [0.5, 0.6) is 17.2 Å². The molecule has 2 atom stereocenters. The quantitative estimate of drug-likeness (QED) is 0.0937. The molecule has 0 saturated carbocycles. The summed E-state index contributed by atoms with van der Waals surface area (Å²) in [5.74, 6) is -0.601. The van der Waals surface area contributed by atoms with E-state index >= 15 is 0 Å². The lowest BCUT2D eigenvalue weighted by atomic mass is 10.1. The molecule has 0 aliphatic heterocycles. The molecule has 0 saturated heterocycles. The molecule has 4 rings (SSSR count). The monoisotopic (exact) mass is 664 g/mol. The zero-order valence-corrected chi connectivity index (χ0v) is 26.3. The SMILES string of the molecule is COc1cc(/C=N\NC(=O)[C@H](Cc2ccccc2)NC(=O)[C@@H](C)Oc2ccc(Cl)cc2Cl)c([N+](=O)[O-])cc1OCc1ccccc1. The van der Waals surface area contributed by atoms with Gasteiger partial charge in [0.25, 0.3) is 17.5 Å². The lowest BCUT2D eigenvalue weighted by molar-refractivity contribution is -0.385. The summed E-state index contributed by atoms with van der Waals surface area (Å²) >= 11 is 12.1. The predicted octanol–water partition coefficient (Wildman–Crippen LogP) is 6.13. The highest BCUT2D eigenvalue weighted by atomic mass is 35.5. The molecule has 0 unspecified atom stereocenters. The summed E-state index contributed by atoms with van der Waals surface area (Å²) in [4.78, 5) is 37.6. The summed E-state index contributed by atoms with van der Waals surface area (Å²) in [5.41, 5.74) is 3.75. The second kappa shape index (κ2) is 16.3. The van der Waals surface area contributed by atoms with Gasteiger partial charge in [0.15, 0.2) is 17.6 Å². The van der Waals surface area contributed by atoms with Crippen LogP contribution in [0.3, 0.4) is 0 Å². The fourth-order valence-electron chi connectivity index (χ4n) is 4.24. The summed E-state index contributed by atoms with van der Waals surface area (Å²) in [6.07, 6.45) is 0.227. The van der Waals surface area contributed by atoms with Crippen molar-refractivity contribution in [3.63, 3.8) is 0 Å². The van der Waals surface area contributed by atoms with Crippen LogP contribution in [0.4, 0.5) is 5.69 Å². The van der Waals surface area contributed by atoms with E-state index in [1.807, 2.05) is 36.4 Å². The van der Waals surface area contributed by atoms with E-state index < -0.39 is 28.9 Å². The van der Waals surface area contributed by atoms with Crippen molar-refractivity contribution in [3.8, 4) is 17.2 Å². The van der Waals surface area contributed by atoms with Crippen LogP contribution in [-0.2, 0) is 22.6 Å². The van der Waals surface area contributed by atoms with Crippen molar-refractivity contribution in [2.24, 2.45) is 5.10 Å². The summed E-state index contributed by atoms with van der Waals surface area (Å²) in [6, 6.07) is 24.5. The number of nitrogens with zero attached hydrogens (tertiary/aromatic N) is 2. The molecular formula is C33H30Cl2N4O7. The summed E-state index contributed by atoms with van der Waals surface area (Å²) in [6.45, 7) is 1.68. The van der Waals surface area contributed by atoms with Gasteiger partial charge in [0.1, 0.15) is 18.4 Å². The van der Waals surface area contributed by atoms with Gasteiger partial charge in [-0.25, -0.2) is 5.43 Å². The lowest BCUT2D eigenvalue weighted by Crippen LogP contribution is -2.50. The lowest BCUT2D eigenvalue weighted by Gasteiger charge is -2.21. The van der Waals surface area contributed by atoms with Crippen molar-refractivity contribution in [2.45, 2.75) is 32.1 Å². The van der Waals surface area contributed by atoms with Crippen molar-refractivity contribution in [1.29, 1.82) is 0 Å². The summed E-state index contributed by atoms with van der Waals surface area (Å²) < 4.78 is 16.9. The number of benzene rings is 4. The van der Waals surface area contributed by atoms with E-state index in [0.29, 0.717) is 5.02 Å². The first-order chi connectivity index (χ1) is 22.1. The number of halogens is 2. The van der Waals surface area contributed by atoms with Gasteiger partial charge in [-0.15, -0.1) is 0 Å². The number of carbonyl (C=O) groups is 2. The Balaban J connectivity index is 1.49. The minimum Gasteiger partial charge on any atom is -0.493 e. The highest BCUT2D eigenvalue weighted by Gasteiger charge is 2.26. The van der Waals surface area contributed by atoms with Crippen LogP contribution in [0.2, 0.25) is 10.0 Å². The van der Waals surface area contributed by atoms with Gasteiger partial charge in [-0.05, 0) is 42.3 Å². The molecule has 0 radical (unpaired) electrons. The molecule has 0 bridgehead atoms. The van der Waals surface area contributed by atoms with Crippen molar-refractivity contribution < 1.29 is 28.7 Å². The summed E-state index contributed by atoms with van der Waals surface area (Å²) in [5, 5.41) is 19.2. The number of nitrogens with one attached hydrogen (secondary N) is 2. The number of hydrazone groups is 1. The van der Waals surface area contributed by atoms with Crippen LogP contribution < -0.4 is 25.0 Å². The predicted molar refractivity (Wildman–Crippen MR) is 175 cm³/mol. The highest BCUT2D eigenvalue weighted by Crippen LogP contribution is 2.34. The minimum absolute atomic E-state index is 0.0553. The summed E-state index contributed by atoms with van der Waals surface area (Å²) in [7, 11) is 1.40. The molecule has 2 amide bonds. The molecule has 4 aromatic carbocycles. The number of ether oxygens (including phenoxy) is 3. The molecule has 46 heavy (non-hydrogen) atoms. The molecule has 11 nitrogen and oxygen atoms in total. The average molecular weight is 666 g/mol. The van der Waals surface area contributed by atoms with Gasteiger partial charge in [0.05, 0.1) is 34.9 Å². The highest BCUT2D eigenvalue weighted by molar-refractivity contribution is 6.35. The fraction of sp³-hybridized carbons (Fsp3) is 0.182. The van der Waals surface area contributed by atoms with E-state index in [9.17, 15) is 19.7 Å². The molecular weight excluding hydrogens is 635 g/mol. The van der Waals surface area contributed by atoms with Gasteiger partial charge in [0.2, 0.25) is 0 Å². The maximum absolute atomic E-state index is 13.3. The number of carbonyl (C=O) groups excluding carboxylic acids is 2. The second-order valence-electron chi connectivity index (χ2n) is 9.91. The van der Waals surface area contributed by atoms with Crippen molar-refractivity contribution in [2.75, 3.05) is 7.11 Å². The molecule has 238 valence electrons. The Kier molecular flexibility index (Phi) is 11.9. The van der Waals surface area contributed by atoms with Gasteiger partial charge in [-0.2, -0.15) is 5.10 Å². The van der Waals surface area contributed by atoms with Crippen LogP contribution in [0.15, 0.2) is 96.1 Å². The third-order valence-corrected chi connectivity index (χ3v) is 7.14. The number of nitro benzene ring substituents is 1. The van der Waals surface area contributed by atoms with Crippen molar-refractivity contribution in [3.05, 3.63) is 128 Å². The second-order valence-corrected chi connectivity index (χ2v) is 10.8. The van der Waals surface area contributed by atoms with Crippen molar-refractivity contribution in [1.82, 2.24) is 10.7 Å². The standard InChI is InChI=1S/C33H30Cl2N4O7/c1-21(46-29-14-13-25(34)17-26(29)35)32(40)37-27(15-22-9-5-3-6-10-22)33(41)38-36-19-24-16-30(44-2)31(18-28(24)39(42)43)45-20-23-11-7-4-8-12-23/h3-14,16-19,21,27H,15,20H2,1-2H3,(H,37,40)(H,38,41)/b36-19-/t21-,27+/m1/s1. The zero-order chi connectivity index (χ0) is 33.1. The number of amides is 2. The Labute approximate surface area is 275 Å². The number of nitro groups is 1. The number of rotatable bonds is 14. The molecule has 2 N–H and O–H groups in total. The fourth-order valence-corrected chi connectivity index (χ4v) is 4.69. The number of methoxy groups -OCH3 is 1. The van der Waals surface area contributed by atoms with Gasteiger partial charge < -0.3 is 19.5 Å². The smallest absolute Gasteiger partial charge is 0.282 e. The van der Waals surface area contributed by atoms with E-state index in [1.165, 1.54) is 38.3 Å². The molecule has 0 spiro atoms. The van der Waals surface area contributed by atoms with E-state index in [0.717, 1.165) is 17.3 Å². The number of hydrogen-bond donors (Lipinski definition) is 2. The Morgan fingerprint density at radius 2 is 1.59 bits per heavy atom. The average Bonchev–Trinajstić information content (AvgIpc) is 3.05. The van der Waals surface area contributed by atoms with Crippen LogP contribution in [0.1, 0.15) is 23.6 Å². The molecule has 0 heterocycles. The largest absolute Gasteiger partial charge is 0.493 e. The van der Waals surface area contributed by atoms with Gasteiger partial charge in [-0.3, -0.25) is 19.7 Å². The van der Waals surface area contributed by atoms with Crippen LogP contribution in [-0.4, -0.2) is 42.2 Å². The maximum atomic E-state index is 13.3. The molecule has 0 aliphatic rings. The first kappa shape index (κ1) is 33.8. The normalized spacial score (nSPS) is 12.2. The zero-order valence-electron chi connectivity index (χ0n) is 24.8. The maximum Gasteiger partial charge on any atom is 0.282 e. The van der Waals surface area contributed by atoms with E-state index in [2.05, 4.69) is 15.8 Å². The molecule has 13 heteroatoms. The van der Waals surface area contributed by atoms with Crippen LogP contribution in [0, 0.1) is 10.1 Å². The van der Waals surface area contributed by atoms with Gasteiger partial charge >= 0.3 is 0 Å². The molecule has 0 fully saturated rings. The third-order valence-electron chi connectivity index (χ3n) is 6.61. The topological polar surface area (TPSA) is 141 Å². The molecule has 0 aliphatic carbocycles. The Bertz CT molecular complexity index is 1710.